The van der Waals surface area contributed by atoms with Crippen LogP contribution in [0.15, 0.2) is 36.4 Å². The van der Waals surface area contributed by atoms with Gasteiger partial charge in [0.05, 0.1) is 11.6 Å². The van der Waals surface area contributed by atoms with Crippen LogP contribution < -0.4 is 0 Å². The lowest BCUT2D eigenvalue weighted by Gasteiger charge is -2.09. The molecule has 1 aromatic heterocycles. The summed E-state index contributed by atoms with van der Waals surface area (Å²) >= 11 is 0. The molecule has 1 aromatic carbocycles. The van der Waals surface area contributed by atoms with E-state index in [1.165, 1.54) is 0 Å². The molecule has 0 amide bonds. The first-order chi connectivity index (χ1) is 8.60. The summed E-state index contributed by atoms with van der Waals surface area (Å²) < 4.78 is 0. The van der Waals surface area contributed by atoms with Crippen molar-refractivity contribution in [3.8, 4) is 17.2 Å². The normalized spacial score (nSPS) is 10.4. The zero-order valence-electron chi connectivity index (χ0n) is 10.9. The second-order valence-electron chi connectivity index (χ2n) is 4.77. The second-order valence-corrected chi connectivity index (χ2v) is 4.77. The molecular weight excluding hydrogens is 220 g/mol. The Kier molecular flexibility index (Phi) is 3.43. The third-order valence-electron chi connectivity index (χ3n) is 2.89. The van der Waals surface area contributed by atoms with Crippen molar-refractivity contribution in [1.29, 1.82) is 5.26 Å². The summed E-state index contributed by atoms with van der Waals surface area (Å²) in [4.78, 5) is 4.54. The first kappa shape index (κ1) is 12.3. The Labute approximate surface area is 108 Å². The van der Waals surface area contributed by atoms with Crippen LogP contribution in [-0.4, -0.2) is 4.98 Å². The smallest absolute Gasteiger partial charge is 0.0991 e. The van der Waals surface area contributed by atoms with Gasteiger partial charge in [0.2, 0.25) is 0 Å². The summed E-state index contributed by atoms with van der Waals surface area (Å²) in [7, 11) is 0. The highest BCUT2D eigenvalue weighted by molar-refractivity contribution is 5.66. The van der Waals surface area contributed by atoms with Crippen LogP contribution in [0.25, 0.3) is 11.1 Å². The average molecular weight is 236 g/mol. The molecule has 0 saturated heterocycles. The lowest BCUT2D eigenvalue weighted by Crippen LogP contribution is -1.95. The van der Waals surface area contributed by atoms with Crippen molar-refractivity contribution in [2.75, 3.05) is 0 Å². The van der Waals surface area contributed by atoms with Gasteiger partial charge in [-0.05, 0) is 48.2 Å². The van der Waals surface area contributed by atoms with Crippen LogP contribution in [-0.2, 0) is 0 Å². The Morgan fingerprint density at radius 3 is 2.56 bits per heavy atom. The molecule has 2 heteroatoms. The quantitative estimate of drug-likeness (QED) is 0.788. The fourth-order valence-electron chi connectivity index (χ4n) is 1.92. The van der Waals surface area contributed by atoms with Gasteiger partial charge in [0.25, 0.3) is 0 Å². The number of hydrogen-bond donors (Lipinski definition) is 0. The summed E-state index contributed by atoms with van der Waals surface area (Å²) in [5.74, 6) is 0.405. The van der Waals surface area contributed by atoms with Gasteiger partial charge in [-0.3, -0.25) is 4.98 Å². The van der Waals surface area contributed by atoms with E-state index in [2.05, 4.69) is 37.0 Å². The van der Waals surface area contributed by atoms with Gasteiger partial charge in [-0.25, -0.2) is 0 Å². The number of hydrogen-bond acceptors (Lipinski definition) is 2. The zero-order chi connectivity index (χ0) is 13.1. The Balaban J connectivity index is 2.53. The van der Waals surface area contributed by atoms with Gasteiger partial charge >= 0.3 is 0 Å². The van der Waals surface area contributed by atoms with Crippen LogP contribution in [0.3, 0.4) is 0 Å². The van der Waals surface area contributed by atoms with Gasteiger partial charge in [0.15, 0.2) is 0 Å². The molecule has 0 aliphatic heterocycles. The average Bonchev–Trinajstić information content (AvgIpc) is 2.38. The molecule has 18 heavy (non-hydrogen) atoms. The van der Waals surface area contributed by atoms with E-state index in [-0.39, 0.29) is 0 Å². The van der Waals surface area contributed by atoms with Crippen molar-refractivity contribution in [3.05, 3.63) is 53.3 Å². The Morgan fingerprint density at radius 1 is 1.11 bits per heavy atom. The highest BCUT2D eigenvalue weighted by Gasteiger charge is 2.06. The lowest BCUT2D eigenvalue weighted by atomic mass is 10.00. The third kappa shape index (κ3) is 2.57. The standard InChI is InChI=1S/C16H16N2/c1-11(2)16-9-15(7-12(3)18-16)14-6-4-5-13(8-14)10-17/h4-9,11H,1-3H3. The molecule has 2 aromatic rings. The van der Waals surface area contributed by atoms with Gasteiger partial charge in [-0.15, -0.1) is 0 Å². The number of nitriles is 1. The number of aryl methyl sites for hydroxylation is 1. The van der Waals surface area contributed by atoms with E-state index < -0.39 is 0 Å². The minimum atomic E-state index is 0.405. The highest BCUT2D eigenvalue weighted by atomic mass is 14.7. The van der Waals surface area contributed by atoms with Crippen molar-refractivity contribution >= 4 is 0 Å². The van der Waals surface area contributed by atoms with Gasteiger partial charge in [-0.1, -0.05) is 26.0 Å². The summed E-state index contributed by atoms with van der Waals surface area (Å²) in [6.45, 7) is 6.28. The summed E-state index contributed by atoms with van der Waals surface area (Å²) in [6.07, 6.45) is 0. The molecule has 0 N–H and O–H groups in total. The molecule has 0 fully saturated rings. The van der Waals surface area contributed by atoms with Gasteiger partial charge < -0.3 is 0 Å². The molecule has 0 unspecified atom stereocenters. The number of nitrogens with zero attached hydrogens (tertiary/aromatic N) is 2. The largest absolute Gasteiger partial charge is 0.258 e. The van der Waals surface area contributed by atoms with E-state index in [4.69, 9.17) is 5.26 Å². The van der Waals surface area contributed by atoms with Crippen LogP contribution >= 0.6 is 0 Å². The lowest BCUT2D eigenvalue weighted by molar-refractivity contribution is 0.816. The second kappa shape index (κ2) is 5.01. The molecule has 0 aliphatic carbocycles. The van der Waals surface area contributed by atoms with Gasteiger partial charge in [0, 0.05) is 11.4 Å². The summed E-state index contributed by atoms with van der Waals surface area (Å²) in [5.41, 5.74) is 4.99. The molecule has 0 saturated carbocycles. The van der Waals surface area contributed by atoms with Crippen molar-refractivity contribution in [2.45, 2.75) is 26.7 Å². The summed E-state index contributed by atoms with van der Waals surface area (Å²) in [6, 6.07) is 14.0. The van der Waals surface area contributed by atoms with E-state index in [0.29, 0.717) is 11.5 Å². The molecule has 2 rings (SSSR count). The van der Waals surface area contributed by atoms with Crippen LogP contribution in [0.5, 0.6) is 0 Å². The topological polar surface area (TPSA) is 36.7 Å². The molecule has 0 aliphatic rings. The first-order valence-corrected chi connectivity index (χ1v) is 6.09. The van der Waals surface area contributed by atoms with E-state index in [9.17, 15) is 0 Å². The molecule has 0 bridgehead atoms. The molecule has 1 heterocycles. The highest BCUT2D eigenvalue weighted by Crippen LogP contribution is 2.24. The van der Waals surface area contributed by atoms with Crippen LogP contribution in [0.2, 0.25) is 0 Å². The predicted octanol–water partition coefficient (Wildman–Crippen LogP) is 4.05. The monoisotopic (exact) mass is 236 g/mol. The molecule has 0 radical (unpaired) electrons. The molecule has 90 valence electrons. The minimum Gasteiger partial charge on any atom is -0.258 e. The van der Waals surface area contributed by atoms with Crippen molar-refractivity contribution in [1.82, 2.24) is 4.98 Å². The van der Waals surface area contributed by atoms with Crippen LogP contribution in [0.1, 0.15) is 36.7 Å². The maximum Gasteiger partial charge on any atom is 0.0991 e. The van der Waals surface area contributed by atoms with E-state index in [1.54, 1.807) is 0 Å². The Morgan fingerprint density at radius 2 is 1.89 bits per heavy atom. The molecule has 2 nitrogen and oxygen atoms in total. The number of rotatable bonds is 2. The number of benzene rings is 1. The Bertz CT molecular complexity index is 607. The first-order valence-electron chi connectivity index (χ1n) is 6.09. The van der Waals surface area contributed by atoms with Crippen molar-refractivity contribution < 1.29 is 0 Å². The van der Waals surface area contributed by atoms with Crippen molar-refractivity contribution in [2.24, 2.45) is 0 Å². The Hall–Kier alpha value is -2.14. The number of aromatic nitrogens is 1. The zero-order valence-corrected chi connectivity index (χ0v) is 10.9. The molecule has 0 atom stereocenters. The van der Waals surface area contributed by atoms with E-state index >= 15 is 0 Å². The SMILES string of the molecule is Cc1cc(-c2cccc(C#N)c2)cc(C(C)C)n1. The van der Waals surface area contributed by atoms with E-state index in [1.807, 2.05) is 31.2 Å². The van der Waals surface area contributed by atoms with E-state index in [0.717, 1.165) is 22.5 Å². The van der Waals surface area contributed by atoms with Crippen molar-refractivity contribution in [3.63, 3.8) is 0 Å². The number of pyridine rings is 1. The minimum absolute atomic E-state index is 0.405. The van der Waals surface area contributed by atoms with Gasteiger partial charge in [0.1, 0.15) is 0 Å². The van der Waals surface area contributed by atoms with Crippen LogP contribution in [0, 0.1) is 18.3 Å². The summed E-state index contributed by atoms with van der Waals surface area (Å²) in [5, 5.41) is 8.94. The molecular formula is C16H16N2. The predicted molar refractivity (Wildman–Crippen MR) is 73.2 cm³/mol. The van der Waals surface area contributed by atoms with Gasteiger partial charge in [-0.2, -0.15) is 5.26 Å². The maximum atomic E-state index is 8.94. The fourth-order valence-corrected chi connectivity index (χ4v) is 1.92. The van der Waals surface area contributed by atoms with Crippen LogP contribution in [0.4, 0.5) is 0 Å². The molecule has 0 spiro atoms. The fraction of sp³-hybridized carbons (Fsp3) is 0.250. The third-order valence-corrected chi connectivity index (χ3v) is 2.89. The maximum absolute atomic E-state index is 8.94.